The fourth-order valence-electron chi connectivity index (χ4n) is 1.16. The van der Waals surface area contributed by atoms with E-state index in [4.69, 9.17) is 21.1 Å². The number of carboxylic acids is 1. The molecule has 0 unspecified atom stereocenters. The van der Waals surface area contributed by atoms with Gasteiger partial charge >= 0.3 is 5.97 Å². The molecule has 6 heteroatoms. The van der Waals surface area contributed by atoms with Gasteiger partial charge < -0.3 is 9.52 Å². The molecule has 15 heavy (non-hydrogen) atoms. The second kappa shape index (κ2) is 3.86. The van der Waals surface area contributed by atoms with Gasteiger partial charge in [-0.05, 0) is 6.07 Å². The summed E-state index contributed by atoms with van der Waals surface area (Å²) in [5.41, 5.74) is 0.919. The van der Waals surface area contributed by atoms with Crippen molar-refractivity contribution in [2.24, 2.45) is 0 Å². The predicted octanol–water partition coefficient (Wildman–Crippen LogP) is 1.89. The minimum Gasteiger partial charge on any atom is -0.481 e. The van der Waals surface area contributed by atoms with Crippen LogP contribution in [0.5, 0.6) is 0 Å². The van der Waals surface area contributed by atoms with Crippen molar-refractivity contribution in [2.75, 3.05) is 0 Å². The van der Waals surface area contributed by atoms with Crippen molar-refractivity contribution in [3.63, 3.8) is 0 Å². The van der Waals surface area contributed by atoms with E-state index < -0.39 is 5.97 Å². The van der Waals surface area contributed by atoms with E-state index in [-0.39, 0.29) is 12.8 Å². The average Bonchev–Trinajstić information content (AvgIpc) is 2.56. The van der Waals surface area contributed by atoms with Crippen molar-refractivity contribution in [3.05, 3.63) is 23.2 Å². The Bertz CT molecular complexity index is 509. The highest BCUT2D eigenvalue weighted by molar-refractivity contribution is 6.30. The van der Waals surface area contributed by atoms with Crippen molar-refractivity contribution in [3.8, 4) is 0 Å². The molecule has 2 rings (SSSR count). The average molecular weight is 227 g/mol. The lowest BCUT2D eigenvalue weighted by Gasteiger charge is -1.88. The zero-order valence-electron chi connectivity index (χ0n) is 7.61. The number of aryl methyl sites for hydroxylation is 1. The van der Waals surface area contributed by atoms with Gasteiger partial charge in [0, 0.05) is 12.6 Å². The van der Waals surface area contributed by atoms with Crippen LogP contribution in [0.2, 0.25) is 5.02 Å². The number of rotatable bonds is 3. The van der Waals surface area contributed by atoms with Gasteiger partial charge in [0.15, 0.2) is 5.89 Å². The molecule has 0 aliphatic heterocycles. The first-order valence-corrected chi connectivity index (χ1v) is 4.66. The Morgan fingerprint density at radius 2 is 2.40 bits per heavy atom. The normalized spacial score (nSPS) is 10.7. The van der Waals surface area contributed by atoms with E-state index >= 15 is 0 Å². The third-order valence-electron chi connectivity index (χ3n) is 1.81. The maximum absolute atomic E-state index is 10.3. The smallest absolute Gasteiger partial charge is 0.303 e. The first kappa shape index (κ1) is 9.92. The number of halogens is 1. The molecule has 0 saturated heterocycles. The van der Waals surface area contributed by atoms with Crippen LogP contribution < -0.4 is 0 Å². The number of carboxylic acid groups (broad SMARTS) is 1. The third kappa shape index (κ3) is 2.24. The van der Waals surface area contributed by atoms with Crippen molar-refractivity contribution in [1.82, 2.24) is 9.97 Å². The van der Waals surface area contributed by atoms with E-state index in [1.165, 1.54) is 6.20 Å². The zero-order chi connectivity index (χ0) is 10.8. The molecule has 0 saturated carbocycles. The first-order valence-electron chi connectivity index (χ1n) is 4.28. The van der Waals surface area contributed by atoms with Crippen LogP contribution in [-0.2, 0) is 11.2 Å². The Balaban J connectivity index is 2.27. The molecule has 0 aliphatic carbocycles. The van der Waals surface area contributed by atoms with Gasteiger partial charge in [0.2, 0.25) is 5.71 Å². The highest BCUT2D eigenvalue weighted by atomic mass is 35.5. The lowest BCUT2D eigenvalue weighted by atomic mass is 10.3. The fraction of sp³-hybridized carbons (Fsp3) is 0.222. The molecular formula is C9H7ClN2O3. The quantitative estimate of drug-likeness (QED) is 0.865. The van der Waals surface area contributed by atoms with Gasteiger partial charge in [0.1, 0.15) is 5.52 Å². The molecule has 2 aromatic rings. The highest BCUT2D eigenvalue weighted by Crippen LogP contribution is 2.17. The maximum Gasteiger partial charge on any atom is 0.303 e. The number of nitrogens with zero attached hydrogens (tertiary/aromatic N) is 2. The molecule has 1 N–H and O–H groups in total. The molecule has 0 spiro atoms. The number of fused-ring (bicyclic) bond motifs is 1. The summed E-state index contributed by atoms with van der Waals surface area (Å²) in [6.07, 6.45) is 1.69. The fourth-order valence-corrected chi connectivity index (χ4v) is 1.32. The summed E-state index contributed by atoms with van der Waals surface area (Å²) in [5, 5.41) is 8.96. The predicted molar refractivity (Wildman–Crippen MR) is 52.8 cm³/mol. The second-order valence-corrected chi connectivity index (χ2v) is 3.42. The van der Waals surface area contributed by atoms with Gasteiger partial charge in [-0.1, -0.05) is 11.6 Å². The molecule has 0 aromatic carbocycles. The topological polar surface area (TPSA) is 76.2 Å². The van der Waals surface area contributed by atoms with Gasteiger partial charge in [-0.25, -0.2) is 9.97 Å². The molecule has 0 aliphatic rings. The number of aromatic nitrogens is 2. The Morgan fingerprint density at radius 1 is 1.60 bits per heavy atom. The molecule has 2 heterocycles. The molecule has 78 valence electrons. The molecular weight excluding hydrogens is 220 g/mol. The largest absolute Gasteiger partial charge is 0.481 e. The Hall–Kier alpha value is -1.62. The Morgan fingerprint density at radius 3 is 3.13 bits per heavy atom. The van der Waals surface area contributed by atoms with E-state index in [0.29, 0.717) is 22.1 Å². The number of pyridine rings is 1. The van der Waals surface area contributed by atoms with Crippen LogP contribution in [0.1, 0.15) is 12.3 Å². The van der Waals surface area contributed by atoms with Crippen molar-refractivity contribution < 1.29 is 14.3 Å². The standard InChI is InChI=1S/C9H7ClN2O3/c10-5-3-6-9(11-4-5)15-7(12-6)1-2-8(13)14/h3-4H,1-2H2,(H,13,14). The summed E-state index contributed by atoms with van der Waals surface area (Å²) in [7, 11) is 0. The van der Waals surface area contributed by atoms with E-state index in [9.17, 15) is 4.79 Å². The maximum atomic E-state index is 10.3. The summed E-state index contributed by atoms with van der Waals surface area (Å²) in [5.74, 6) is -0.523. The number of aliphatic carboxylic acids is 1. The van der Waals surface area contributed by atoms with Crippen LogP contribution in [0.4, 0.5) is 0 Å². The molecule has 0 atom stereocenters. The van der Waals surface area contributed by atoms with Crippen LogP contribution in [-0.4, -0.2) is 21.0 Å². The Kier molecular flexibility index (Phi) is 2.55. The van der Waals surface area contributed by atoms with Crippen molar-refractivity contribution >= 4 is 28.8 Å². The molecule has 0 amide bonds. The summed E-state index contributed by atoms with van der Waals surface area (Å²) in [6.45, 7) is 0. The van der Waals surface area contributed by atoms with Crippen LogP contribution in [0.25, 0.3) is 11.2 Å². The van der Waals surface area contributed by atoms with Crippen LogP contribution in [0.3, 0.4) is 0 Å². The zero-order valence-corrected chi connectivity index (χ0v) is 8.36. The van der Waals surface area contributed by atoms with Gasteiger partial charge in [-0.15, -0.1) is 0 Å². The van der Waals surface area contributed by atoms with Gasteiger partial charge in [0.05, 0.1) is 11.4 Å². The number of oxazole rings is 1. The van der Waals surface area contributed by atoms with E-state index in [1.807, 2.05) is 0 Å². The monoisotopic (exact) mass is 226 g/mol. The van der Waals surface area contributed by atoms with Gasteiger partial charge in [-0.2, -0.15) is 0 Å². The van der Waals surface area contributed by atoms with Crippen LogP contribution >= 0.6 is 11.6 Å². The summed E-state index contributed by atoms with van der Waals surface area (Å²) in [6, 6.07) is 1.62. The lowest BCUT2D eigenvalue weighted by Crippen LogP contribution is -1.97. The van der Waals surface area contributed by atoms with E-state index in [1.54, 1.807) is 6.07 Å². The highest BCUT2D eigenvalue weighted by Gasteiger charge is 2.08. The second-order valence-electron chi connectivity index (χ2n) is 2.98. The molecule has 0 radical (unpaired) electrons. The van der Waals surface area contributed by atoms with E-state index in [0.717, 1.165) is 0 Å². The number of hydrogen-bond donors (Lipinski definition) is 1. The third-order valence-corrected chi connectivity index (χ3v) is 2.02. The SMILES string of the molecule is O=C(O)CCc1nc2cc(Cl)cnc2o1. The molecule has 0 bridgehead atoms. The molecule has 0 fully saturated rings. The molecule has 5 nitrogen and oxygen atoms in total. The first-order chi connectivity index (χ1) is 7.15. The van der Waals surface area contributed by atoms with Gasteiger partial charge in [0.25, 0.3) is 0 Å². The summed E-state index contributed by atoms with van der Waals surface area (Å²) in [4.78, 5) is 18.3. The van der Waals surface area contributed by atoms with Crippen molar-refractivity contribution in [1.29, 1.82) is 0 Å². The molecule has 2 aromatic heterocycles. The Labute approximate surface area is 89.7 Å². The van der Waals surface area contributed by atoms with Crippen molar-refractivity contribution in [2.45, 2.75) is 12.8 Å². The van der Waals surface area contributed by atoms with E-state index in [2.05, 4.69) is 9.97 Å². The lowest BCUT2D eigenvalue weighted by molar-refractivity contribution is -0.137. The summed E-state index contributed by atoms with van der Waals surface area (Å²) < 4.78 is 5.23. The number of carbonyl (C=O) groups is 1. The van der Waals surface area contributed by atoms with Gasteiger partial charge in [-0.3, -0.25) is 4.79 Å². The number of hydrogen-bond acceptors (Lipinski definition) is 4. The van der Waals surface area contributed by atoms with Crippen LogP contribution in [0.15, 0.2) is 16.7 Å². The van der Waals surface area contributed by atoms with Crippen LogP contribution in [0, 0.1) is 0 Å². The minimum absolute atomic E-state index is 0.0133. The summed E-state index contributed by atoms with van der Waals surface area (Å²) >= 11 is 5.72. The minimum atomic E-state index is -0.886.